The lowest BCUT2D eigenvalue weighted by atomic mass is 9.88. The van der Waals surface area contributed by atoms with Gasteiger partial charge in [0.2, 0.25) is 0 Å². The number of hydrogen-bond donors (Lipinski definition) is 1. The summed E-state index contributed by atoms with van der Waals surface area (Å²) in [5, 5.41) is 0. The first-order chi connectivity index (χ1) is 8.10. The fourth-order valence-corrected chi connectivity index (χ4v) is 2.70. The summed E-state index contributed by atoms with van der Waals surface area (Å²) in [6.07, 6.45) is 4.45. The topological polar surface area (TPSA) is 28.7 Å². The molecule has 3 rings (SSSR count). The van der Waals surface area contributed by atoms with E-state index in [0.29, 0.717) is 5.52 Å². The quantitative estimate of drug-likeness (QED) is 0.804. The molecule has 0 spiro atoms. The molecule has 0 radical (unpaired) electrons. The number of aromatic amines is 1. The molecule has 0 aliphatic heterocycles. The molecular formula is C13H14F2N2. The van der Waals surface area contributed by atoms with Crippen molar-refractivity contribution < 1.29 is 8.78 Å². The van der Waals surface area contributed by atoms with Crippen molar-refractivity contribution in [3.8, 4) is 0 Å². The van der Waals surface area contributed by atoms with Crippen LogP contribution in [0.1, 0.15) is 38.4 Å². The molecule has 1 aromatic heterocycles. The molecule has 1 aliphatic rings. The standard InChI is InChI=1S/C13H14F2N2/c1-13(6-2-3-7-13)12-16-9-5-4-8(14)10(15)11(9)17-12/h4-5H,2-3,6-7H2,1H3,(H,16,17). The highest BCUT2D eigenvalue weighted by Crippen LogP contribution is 2.39. The Morgan fingerprint density at radius 3 is 2.65 bits per heavy atom. The SMILES string of the molecule is CC1(c2nc3c(F)c(F)ccc3[nH]2)CCCC1. The first-order valence-electron chi connectivity index (χ1n) is 5.94. The fraction of sp³-hybridized carbons (Fsp3) is 0.462. The van der Waals surface area contributed by atoms with Crippen LogP contribution < -0.4 is 0 Å². The van der Waals surface area contributed by atoms with Crippen LogP contribution >= 0.6 is 0 Å². The largest absolute Gasteiger partial charge is 0.341 e. The molecule has 1 saturated carbocycles. The van der Waals surface area contributed by atoms with Crippen LogP contribution in [0.4, 0.5) is 8.78 Å². The molecular weight excluding hydrogens is 222 g/mol. The monoisotopic (exact) mass is 236 g/mol. The maximum atomic E-state index is 13.6. The minimum absolute atomic E-state index is 0.0120. The average molecular weight is 236 g/mol. The zero-order valence-electron chi connectivity index (χ0n) is 9.69. The minimum Gasteiger partial charge on any atom is -0.341 e. The maximum Gasteiger partial charge on any atom is 0.186 e. The Morgan fingerprint density at radius 2 is 1.94 bits per heavy atom. The van der Waals surface area contributed by atoms with E-state index in [1.54, 1.807) is 6.07 Å². The third kappa shape index (κ3) is 1.54. The van der Waals surface area contributed by atoms with Crippen LogP contribution in [0.2, 0.25) is 0 Å². The van der Waals surface area contributed by atoms with Crippen molar-refractivity contribution in [3.05, 3.63) is 29.6 Å². The number of hydrogen-bond acceptors (Lipinski definition) is 1. The van der Waals surface area contributed by atoms with Gasteiger partial charge in [-0.3, -0.25) is 0 Å². The van der Waals surface area contributed by atoms with Gasteiger partial charge in [0, 0.05) is 5.41 Å². The van der Waals surface area contributed by atoms with Gasteiger partial charge in [-0.2, -0.15) is 0 Å². The molecule has 2 nitrogen and oxygen atoms in total. The molecule has 0 bridgehead atoms. The fourth-order valence-electron chi connectivity index (χ4n) is 2.70. The summed E-state index contributed by atoms with van der Waals surface area (Å²) in [5.74, 6) is -0.909. The Bertz CT molecular complexity index is 568. The summed E-state index contributed by atoms with van der Waals surface area (Å²) in [7, 11) is 0. The number of halogens is 2. The Labute approximate surface area is 98.1 Å². The Kier molecular flexibility index (Phi) is 2.21. The van der Waals surface area contributed by atoms with E-state index in [2.05, 4.69) is 16.9 Å². The van der Waals surface area contributed by atoms with Gasteiger partial charge in [-0.1, -0.05) is 19.8 Å². The first kappa shape index (κ1) is 10.7. The van der Waals surface area contributed by atoms with Crippen LogP contribution in [0.25, 0.3) is 11.0 Å². The van der Waals surface area contributed by atoms with Gasteiger partial charge in [0.1, 0.15) is 11.3 Å². The lowest BCUT2D eigenvalue weighted by Crippen LogP contribution is -2.18. The highest BCUT2D eigenvalue weighted by atomic mass is 19.2. The second-order valence-electron chi connectivity index (χ2n) is 5.11. The predicted molar refractivity (Wildman–Crippen MR) is 61.8 cm³/mol. The van der Waals surface area contributed by atoms with Crippen LogP contribution in [0.5, 0.6) is 0 Å². The van der Waals surface area contributed by atoms with Gasteiger partial charge in [0.15, 0.2) is 11.6 Å². The normalized spacial score (nSPS) is 19.0. The van der Waals surface area contributed by atoms with Crippen LogP contribution in [0, 0.1) is 11.6 Å². The highest BCUT2D eigenvalue weighted by Gasteiger charge is 2.33. The lowest BCUT2D eigenvalue weighted by molar-refractivity contribution is 0.464. The molecule has 1 aromatic carbocycles. The van der Waals surface area contributed by atoms with Crippen molar-refractivity contribution in [1.82, 2.24) is 9.97 Å². The summed E-state index contributed by atoms with van der Waals surface area (Å²) in [6.45, 7) is 2.13. The molecule has 0 atom stereocenters. The molecule has 1 fully saturated rings. The summed E-state index contributed by atoms with van der Waals surface area (Å²) in [5.41, 5.74) is 0.683. The molecule has 4 heteroatoms. The van der Waals surface area contributed by atoms with Gasteiger partial charge in [-0.15, -0.1) is 0 Å². The third-order valence-electron chi connectivity index (χ3n) is 3.82. The number of rotatable bonds is 1. The Morgan fingerprint density at radius 1 is 1.24 bits per heavy atom. The van der Waals surface area contributed by atoms with Gasteiger partial charge in [0.05, 0.1) is 5.52 Å². The zero-order valence-corrected chi connectivity index (χ0v) is 9.69. The average Bonchev–Trinajstić information content (AvgIpc) is 2.91. The number of imidazole rings is 1. The van der Waals surface area contributed by atoms with Crippen molar-refractivity contribution in [2.45, 2.75) is 38.0 Å². The van der Waals surface area contributed by atoms with Gasteiger partial charge < -0.3 is 4.98 Å². The molecule has 17 heavy (non-hydrogen) atoms. The van der Waals surface area contributed by atoms with E-state index < -0.39 is 11.6 Å². The zero-order chi connectivity index (χ0) is 12.0. The molecule has 0 saturated heterocycles. The number of H-pyrrole nitrogens is 1. The predicted octanol–water partition coefficient (Wildman–Crippen LogP) is 3.67. The van der Waals surface area contributed by atoms with Gasteiger partial charge in [-0.25, -0.2) is 13.8 Å². The van der Waals surface area contributed by atoms with E-state index in [0.717, 1.165) is 24.7 Å². The number of nitrogens with zero attached hydrogens (tertiary/aromatic N) is 1. The number of benzene rings is 1. The molecule has 1 aliphatic carbocycles. The van der Waals surface area contributed by atoms with E-state index in [1.165, 1.54) is 12.8 Å². The lowest BCUT2D eigenvalue weighted by Gasteiger charge is -2.19. The summed E-state index contributed by atoms with van der Waals surface area (Å²) < 4.78 is 26.7. The maximum absolute atomic E-state index is 13.6. The highest BCUT2D eigenvalue weighted by molar-refractivity contribution is 5.76. The van der Waals surface area contributed by atoms with Crippen molar-refractivity contribution in [3.63, 3.8) is 0 Å². The molecule has 0 unspecified atom stereocenters. The van der Waals surface area contributed by atoms with Gasteiger partial charge in [0.25, 0.3) is 0 Å². The molecule has 0 amide bonds. The first-order valence-corrected chi connectivity index (χ1v) is 5.94. The number of nitrogens with one attached hydrogen (secondary N) is 1. The van der Waals surface area contributed by atoms with Crippen molar-refractivity contribution in [2.75, 3.05) is 0 Å². The molecule has 1 N–H and O–H groups in total. The number of aromatic nitrogens is 2. The van der Waals surface area contributed by atoms with E-state index in [-0.39, 0.29) is 10.9 Å². The molecule has 2 aromatic rings. The van der Waals surface area contributed by atoms with Crippen molar-refractivity contribution in [1.29, 1.82) is 0 Å². The third-order valence-corrected chi connectivity index (χ3v) is 3.82. The van der Waals surface area contributed by atoms with Crippen LogP contribution in [-0.4, -0.2) is 9.97 Å². The van der Waals surface area contributed by atoms with E-state index >= 15 is 0 Å². The van der Waals surface area contributed by atoms with Gasteiger partial charge >= 0.3 is 0 Å². The van der Waals surface area contributed by atoms with E-state index in [1.807, 2.05) is 0 Å². The Balaban J connectivity index is 2.17. The number of fused-ring (bicyclic) bond motifs is 1. The summed E-state index contributed by atoms with van der Waals surface area (Å²) in [4.78, 5) is 7.38. The second-order valence-corrected chi connectivity index (χ2v) is 5.11. The summed E-state index contributed by atoms with van der Waals surface area (Å²) >= 11 is 0. The van der Waals surface area contributed by atoms with Crippen molar-refractivity contribution >= 4 is 11.0 Å². The smallest absolute Gasteiger partial charge is 0.186 e. The summed E-state index contributed by atoms with van der Waals surface area (Å²) in [6, 6.07) is 2.68. The van der Waals surface area contributed by atoms with Crippen LogP contribution in [-0.2, 0) is 5.41 Å². The van der Waals surface area contributed by atoms with Crippen molar-refractivity contribution in [2.24, 2.45) is 0 Å². The molecule has 1 heterocycles. The minimum atomic E-state index is -0.855. The van der Waals surface area contributed by atoms with Crippen LogP contribution in [0.3, 0.4) is 0 Å². The molecule has 90 valence electrons. The van der Waals surface area contributed by atoms with Crippen LogP contribution in [0.15, 0.2) is 12.1 Å². The van der Waals surface area contributed by atoms with E-state index in [9.17, 15) is 8.78 Å². The van der Waals surface area contributed by atoms with E-state index in [4.69, 9.17) is 0 Å². The Hall–Kier alpha value is -1.45. The second kappa shape index (κ2) is 3.52. The van der Waals surface area contributed by atoms with Gasteiger partial charge in [-0.05, 0) is 25.0 Å².